The van der Waals surface area contributed by atoms with Crippen LogP contribution in [0.25, 0.3) is 0 Å². The molecule has 31 heavy (non-hydrogen) atoms. The molecule has 8 heteroatoms. The number of ether oxygens (including phenoxy) is 3. The van der Waals surface area contributed by atoms with Gasteiger partial charge < -0.3 is 19.3 Å². The largest absolute Gasteiger partial charge is 0.458 e. The summed E-state index contributed by atoms with van der Waals surface area (Å²) in [5.41, 5.74) is 1.28. The monoisotopic (exact) mass is 428 g/mol. The number of rotatable bonds is 7. The molecule has 0 spiro atoms. The van der Waals surface area contributed by atoms with E-state index in [9.17, 15) is 14.7 Å². The Bertz CT molecular complexity index is 1040. The summed E-state index contributed by atoms with van der Waals surface area (Å²) in [6, 6.07) is 1.68. The number of hydrogen-bond donors (Lipinski definition) is 1. The lowest BCUT2D eigenvalue weighted by molar-refractivity contribution is -0.180. The fraction of sp³-hybridized carbons (Fsp3) is 0.522. The van der Waals surface area contributed by atoms with Crippen LogP contribution in [0.4, 0.5) is 0 Å². The normalized spacial score (nSPS) is 28.8. The smallest absolute Gasteiger partial charge is 0.343 e. The number of fused-ring (bicyclic) bond motifs is 4. The van der Waals surface area contributed by atoms with Crippen molar-refractivity contribution in [1.29, 1.82) is 0 Å². The third-order valence-electron chi connectivity index (χ3n) is 6.23. The number of aliphatic hydroxyl groups is 1. The number of aliphatic imine (C=N–C) groups is 1. The van der Waals surface area contributed by atoms with Crippen molar-refractivity contribution >= 4 is 11.7 Å². The third-order valence-corrected chi connectivity index (χ3v) is 6.23. The highest BCUT2D eigenvalue weighted by molar-refractivity contribution is 6.15. The Hall–Kier alpha value is -2.55. The number of nitrogens with zero attached hydrogens (tertiary/aromatic N) is 2. The SMILES string of the molecule is C=CC1N=C2C(=CC1C)C(OCCO)n1c2cc2c(c1=O)COC(=O)[C@@]2(CC)OCC. The molecular weight excluding hydrogens is 400 g/mol. The Morgan fingerprint density at radius 2 is 2.19 bits per heavy atom. The molecule has 3 unspecified atom stereocenters. The molecule has 1 N–H and O–H groups in total. The minimum atomic E-state index is -1.33. The number of hydrogen-bond acceptors (Lipinski definition) is 7. The van der Waals surface area contributed by atoms with Crippen LogP contribution in [0, 0.1) is 5.92 Å². The van der Waals surface area contributed by atoms with Gasteiger partial charge in [0.2, 0.25) is 0 Å². The van der Waals surface area contributed by atoms with Gasteiger partial charge in [-0.15, -0.1) is 6.58 Å². The third kappa shape index (κ3) is 3.12. The second-order valence-electron chi connectivity index (χ2n) is 7.92. The van der Waals surface area contributed by atoms with Crippen LogP contribution in [-0.2, 0) is 31.2 Å². The quantitative estimate of drug-likeness (QED) is 0.527. The standard InChI is InChI=1S/C23H28N2O6/c1-5-17-13(4)10-14-19(24-17)18-11-16-15(20(27)25(18)21(14)29-9-8-26)12-30-22(28)23(16,6-2)31-7-3/h5,10-11,13,17,21,26H,1,6-9,12H2,2-4H3/t13?,17?,21?,23-/m0/s1. The first-order chi connectivity index (χ1) is 14.9. The van der Waals surface area contributed by atoms with Crippen LogP contribution >= 0.6 is 0 Å². The highest BCUT2D eigenvalue weighted by atomic mass is 16.6. The maximum absolute atomic E-state index is 13.6. The summed E-state index contributed by atoms with van der Waals surface area (Å²) in [6.45, 7) is 9.64. The predicted octanol–water partition coefficient (Wildman–Crippen LogP) is 1.99. The summed E-state index contributed by atoms with van der Waals surface area (Å²) in [7, 11) is 0. The fourth-order valence-electron chi connectivity index (χ4n) is 4.71. The summed E-state index contributed by atoms with van der Waals surface area (Å²) in [5.74, 6) is -0.405. The zero-order chi connectivity index (χ0) is 22.3. The van der Waals surface area contributed by atoms with Crippen molar-refractivity contribution in [1.82, 2.24) is 4.57 Å². The number of aliphatic hydroxyl groups excluding tert-OH is 1. The molecule has 0 aromatic carbocycles. The number of carbonyl (C=O) groups excluding carboxylic acids is 1. The molecule has 0 radical (unpaired) electrons. The maximum Gasteiger partial charge on any atom is 0.343 e. The van der Waals surface area contributed by atoms with Crippen LogP contribution in [0.1, 0.15) is 50.2 Å². The van der Waals surface area contributed by atoms with Gasteiger partial charge in [-0.3, -0.25) is 14.4 Å². The van der Waals surface area contributed by atoms with Gasteiger partial charge in [-0.1, -0.05) is 26.0 Å². The molecule has 8 nitrogen and oxygen atoms in total. The van der Waals surface area contributed by atoms with E-state index in [2.05, 4.69) is 6.58 Å². The molecule has 4 atom stereocenters. The average Bonchev–Trinajstić information content (AvgIpc) is 3.06. The second-order valence-corrected chi connectivity index (χ2v) is 7.92. The lowest BCUT2D eigenvalue weighted by atomic mass is 9.85. The van der Waals surface area contributed by atoms with E-state index in [1.165, 1.54) is 0 Å². The van der Waals surface area contributed by atoms with Crippen molar-refractivity contribution < 1.29 is 24.1 Å². The van der Waals surface area contributed by atoms with Gasteiger partial charge in [-0.2, -0.15) is 0 Å². The van der Waals surface area contributed by atoms with Crippen LogP contribution < -0.4 is 5.56 Å². The zero-order valence-electron chi connectivity index (χ0n) is 18.1. The highest BCUT2D eigenvalue weighted by Gasteiger charge is 2.49. The van der Waals surface area contributed by atoms with E-state index in [4.69, 9.17) is 19.2 Å². The van der Waals surface area contributed by atoms with Crippen molar-refractivity contribution in [2.75, 3.05) is 19.8 Å². The number of esters is 1. The van der Waals surface area contributed by atoms with Crippen molar-refractivity contribution in [2.24, 2.45) is 10.9 Å². The first-order valence-electron chi connectivity index (χ1n) is 10.7. The average molecular weight is 428 g/mol. The summed E-state index contributed by atoms with van der Waals surface area (Å²) in [4.78, 5) is 31.3. The van der Waals surface area contributed by atoms with Crippen LogP contribution in [0.3, 0.4) is 0 Å². The summed E-state index contributed by atoms with van der Waals surface area (Å²) < 4.78 is 18.7. The number of cyclic esters (lactones) is 1. The van der Waals surface area contributed by atoms with Gasteiger partial charge >= 0.3 is 5.97 Å². The Kier molecular flexibility index (Phi) is 5.72. The topological polar surface area (TPSA) is 99.4 Å². The molecule has 0 fully saturated rings. The molecule has 166 valence electrons. The van der Waals surface area contributed by atoms with Crippen molar-refractivity contribution in [3.05, 3.63) is 57.5 Å². The van der Waals surface area contributed by atoms with E-state index in [0.29, 0.717) is 35.6 Å². The van der Waals surface area contributed by atoms with E-state index >= 15 is 0 Å². The molecule has 0 aliphatic carbocycles. The van der Waals surface area contributed by atoms with Crippen molar-refractivity contribution in [3.63, 3.8) is 0 Å². The van der Waals surface area contributed by atoms with Gasteiger partial charge in [0.05, 0.1) is 36.2 Å². The molecule has 0 saturated heterocycles. The summed E-state index contributed by atoms with van der Waals surface area (Å²) in [6.07, 6.45) is 3.45. The Morgan fingerprint density at radius 3 is 2.84 bits per heavy atom. The molecule has 4 rings (SSSR count). The van der Waals surface area contributed by atoms with E-state index < -0.39 is 17.8 Å². The van der Waals surface area contributed by atoms with E-state index in [1.807, 2.05) is 26.0 Å². The molecule has 4 heterocycles. The van der Waals surface area contributed by atoms with Crippen LogP contribution in [0.5, 0.6) is 0 Å². The van der Waals surface area contributed by atoms with Gasteiger partial charge in [0.15, 0.2) is 11.8 Å². The molecule has 3 aliphatic rings. The van der Waals surface area contributed by atoms with Gasteiger partial charge in [-0.05, 0) is 19.4 Å². The zero-order valence-corrected chi connectivity index (χ0v) is 18.1. The lowest BCUT2D eigenvalue weighted by Gasteiger charge is -2.36. The molecule has 1 aromatic heterocycles. The van der Waals surface area contributed by atoms with Gasteiger partial charge in [0.25, 0.3) is 5.56 Å². The predicted molar refractivity (Wildman–Crippen MR) is 114 cm³/mol. The number of pyridine rings is 1. The molecular formula is C23H28N2O6. The number of carbonyl (C=O) groups is 1. The first-order valence-corrected chi connectivity index (χ1v) is 10.7. The second kappa shape index (κ2) is 8.18. The maximum atomic E-state index is 13.6. The Morgan fingerprint density at radius 1 is 1.42 bits per heavy atom. The van der Waals surface area contributed by atoms with Crippen molar-refractivity contribution in [2.45, 2.75) is 51.7 Å². The molecule has 1 aromatic rings. The lowest BCUT2D eigenvalue weighted by Crippen LogP contribution is -2.47. The number of aromatic nitrogens is 1. The van der Waals surface area contributed by atoms with E-state index in [0.717, 1.165) is 5.57 Å². The molecule has 3 aliphatic heterocycles. The van der Waals surface area contributed by atoms with Crippen LogP contribution in [0.15, 0.2) is 40.2 Å². The summed E-state index contributed by atoms with van der Waals surface area (Å²) in [5, 5.41) is 9.30. The molecule has 0 saturated carbocycles. The number of dihydropyridines is 1. The van der Waals surface area contributed by atoms with E-state index in [-0.39, 0.29) is 37.3 Å². The van der Waals surface area contributed by atoms with Gasteiger partial charge in [0, 0.05) is 23.7 Å². The fourth-order valence-corrected chi connectivity index (χ4v) is 4.71. The Labute approximate surface area is 180 Å². The first kappa shape index (κ1) is 21.7. The molecule has 0 amide bonds. The van der Waals surface area contributed by atoms with Crippen molar-refractivity contribution in [3.8, 4) is 0 Å². The van der Waals surface area contributed by atoms with Crippen LogP contribution in [0.2, 0.25) is 0 Å². The minimum absolute atomic E-state index is 0.0738. The summed E-state index contributed by atoms with van der Waals surface area (Å²) >= 11 is 0. The highest BCUT2D eigenvalue weighted by Crippen LogP contribution is 2.42. The van der Waals surface area contributed by atoms with Gasteiger partial charge in [0.1, 0.15) is 6.61 Å². The minimum Gasteiger partial charge on any atom is -0.458 e. The van der Waals surface area contributed by atoms with Gasteiger partial charge in [-0.25, -0.2) is 4.79 Å². The van der Waals surface area contributed by atoms with E-state index in [1.54, 1.807) is 17.6 Å². The van der Waals surface area contributed by atoms with Crippen LogP contribution in [-0.4, -0.2) is 47.2 Å². The Balaban J connectivity index is 1.99. The molecule has 0 bridgehead atoms.